The number of nitriles is 1. The molecule has 3 heteroatoms. The number of aliphatic imine (C=N–C) groups is 1. The van der Waals surface area contributed by atoms with Crippen LogP contribution < -0.4 is 0 Å². The Kier molecular flexibility index (Phi) is 2.16. The molecule has 1 heterocycles. The Balaban J connectivity index is 2.67. The fourth-order valence-corrected chi connectivity index (χ4v) is 1.01. The van der Waals surface area contributed by atoms with Crippen LogP contribution in [0.15, 0.2) is 4.99 Å². The molecule has 0 aromatic rings. The van der Waals surface area contributed by atoms with E-state index in [-0.39, 0.29) is 6.04 Å². The smallest absolute Gasteiger partial charge is 0.137 e. The third-order valence-electron chi connectivity index (χ3n) is 1.55. The Morgan fingerprint density at radius 2 is 2.60 bits per heavy atom. The van der Waals surface area contributed by atoms with Crippen molar-refractivity contribution in [1.29, 1.82) is 10.7 Å². The van der Waals surface area contributed by atoms with Gasteiger partial charge >= 0.3 is 0 Å². The third kappa shape index (κ3) is 1.41. The average Bonchev–Trinajstić information content (AvgIpc) is 2.05. The first-order valence-corrected chi connectivity index (χ1v) is 3.33. The molecule has 0 amide bonds. The van der Waals surface area contributed by atoms with Crippen LogP contribution in [-0.2, 0) is 0 Å². The van der Waals surface area contributed by atoms with Crippen molar-refractivity contribution in [3.63, 3.8) is 0 Å². The van der Waals surface area contributed by atoms with Gasteiger partial charge in [-0.05, 0) is 19.3 Å². The topological polar surface area (TPSA) is 60.0 Å². The van der Waals surface area contributed by atoms with Gasteiger partial charge in [-0.15, -0.1) is 0 Å². The van der Waals surface area contributed by atoms with E-state index < -0.39 is 0 Å². The van der Waals surface area contributed by atoms with Crippen LogP contribution in [0.5, 0.6) is 0 Å². The first-order valence-electron chi connectivity index (χ1n) is 3.33. The maximum absolute atomic E-state index is 8.47. The molecule has 0 aromatic heterocycles. The van der Waals surface area contributed by atoms with Gasteiger partial charge in [0.25, 0.3) is 0 Å². The quantitative estimate of drug-likeness (QED) is 0.539. The van der Waals surface area contributed by atoms with Gasteiger partial charge in [0.1, 0.15) is 6.04 Å². The van der Waals surface area contributed by atoms with Crippen LogP contribution in [0.25, 0.3) is 0 Å². The van der Waals surface area contributed by atoms with Gasteiger partial charge < -0.3 is 5.41 Å². The molecule has 10 heavy (non-hydrogen) atoms. The summed E-state index contributed by atoms with van der Waals surface area (Å²) in [6, 6.07) is 1.89. The summed E-state index contributed by atoms with van der Waals surface area (Å²) in [5.41, 5.74) is 0.762. The van der Waals surface area contributed by atoms with Crippen molar-refractivity contribution in [2.24, 2.45) is 4.99 Å². The Bertz CT molecular complexity index is 199. The molecule has 1 unspecified atom stereocenters. The molecule has 1 rings (SSSR count). The van der Waals surface area contributed by atoms with E-state index in [1.54, 1.807) is 0 Å². The highest BCUT2D eigenvalue weighted by Gasteiger charge is 2.11. The van der Waals surface area contributed by atoms with Crippen LogP contribution in [0.4, 0.5) is 0 Å². The molecule has 1 atom stereocenters. The fraction of sp³-hybridized carbons (Fsp3) is 0.571. The maximum atomic E-state index is 8.47. The van der Waals surface area contributed by atoms with Crippen LogP contribution in [0, 0.1) is 16.7 Å². The summed E-state index contributed by atoms with van der Waals surface area (Å²) < 4.78 is 0. The largest absolute Gasteiger partial charge is 0.307 e. The SMILES string of the molecule is N#CC1CCCC(C=N)=N1. The minimum atomic E-state index is -0.189. The van der Waals surface area contributed by atoms with Crippen LogP contribution in [0.2, 0.25) is 0 Å². The molecule has 0 saturated carbocycles. The highest BCUT2D eigenvalue weighted by atomic mass is 14.8. The summed E-state index contributed by atoms with van der Waals surface area (Å²) in [7, 11) is 0. The van der Waals surface area contributed by atoms with E-state index in [1.165, 1.54) is 6.21 Å². The van der Waals surface area contributed by atoms with Crippen molar-refractivity contribution in [2.45, 2.75) is 25.3 Å². The lowest BCUT2D eigenvalue weighted by Crippen LogP contribution is -2.14. The van der Waals surface area contributed by atoms with Crippen LogP contribution in [0.3, 0.4) is 0 Å². The van der Waals surface area contributed by atoms with Crippen molar-refractivity contribution in [3.05, 3.63) is 0 Å². The molecule has 0 aromatic carbocycles. The van der Waals surface area contributed by atoms with Crippen molar-refractivity contribution >= 4 is 11.9 Å². The lowest BCUT2D eigenvalue weighted by atomic mass is 10.0. The van der Waals surface area contributed by atoms with Gasteiger partial charge in [0.2, 0.25) is 0 Å². The minimum absolute atomic E-state index is 0.189. The normalized spacial score (nSPS) is 24.7. The summed E-state index contributed by atoms with van der Waals surface area (Å²) in [4.78, 5) is 4.03. The highest BCUT2D eigenvalue weighted by Crippen LogP contribution is 2.11. The van der Waals surface area contributed by atoms with Crippen LogP contribution in [0.1, 0.15) is 19.3 Å². The second-order valence-corrected chi connectivity index (χ2v) is 2.30. The van der Waals surface area contributed by atoms with Gasteiger partial charge in [0, 0.05) is 6.21 Å². The van der Waals surface area contributed by atoms with Gasteiger partial charge in [-0.25, -0.2) is 0 Å². The van der Waals surface area contributed by atoms with Crippen LogP contribution >= 0.6 is 0 Å². The lowest BCUT2D eigenvalue weighted by Gasteiger charge is -2.11. The number of rotatable bonds is 1. The molecule has 0 fully saturated rings. The minimum Gasteiger partial charge on any atom is -0.307 e. The predicted molar refractivity (Wildman–Crippen MR) is 39.5 cm³/mol. The summed E-state index contributed by atoms with van der Waals surface area (Å²) in [6.45, 7) is 0. The molecular weight excluding hydrogens is 126 g/mol. The average molecular weight is 135 g/mol. The number of hydrogen-bond acceptors (Lipinski definition) is 3. The number of nitrogens with zero attached hydrogens (tertiary/aromatic N) is 2. The Morgan fingerprint density at radius 1 is 1.80 bits per heavy atom. The summed E-state index contributed by atoms with van der Waals surface area (Å²) in [5.74, 6) is 0. The summed E-state index contributed by atoms with van der Waals surface area (Å²) in [6.07, 6.45) is 3.95. The fourth-order valence-electron chi connectivity index (χ4n) is 1.01. The zero-order valence-corrected chi connectivity index (χ0v) is 5.67. The van der Waals surface area contributed by atoms with E-state index in [2.05, 4.69) is 11.1 Å². The molecule has 0 bridgehead atoms. The van der Waals surface area contributed by atoms with Crippen molar-refractivity contribution in [3.8, 4) is 6.07 Å². The predicted octanol–water partition coefficient (Wildman–Crippen LogP) is 1.15. The highest BCUT2D eigenvalue weighted by molar-refractivity contribution is 6.29. The Morgan fingerprint density at radius 3 is 3.20 bits per heavy atom. The van der Waals surface area contributed by atoms with Crippen molar-refractivity contribution in [1.82, 2.24) is 0 Å². The third-order valence-corrected chi connectivity index (χ3v) is 1.55. The molecule has 0 radical (unpaired) electrons. The van der Waals surface area contributed by atoms with E-state index in [9.17, 15) is 0 Å². The molecule has 1 aliphatic rings. The second kappa shape index (κ2) is 3.11. The van der Waals surface area contributed by atoms with Crippen LogP contribution in [-0.4, -0.2) is 18.0 Å². The van der Waals surface area contributed by atoms with Crippen molar-refractivity contribution in [2.75, 3.05) is 0 Å². The Hall–Kier alpha value is -1.17. The molecule has 0 spiro atoms. The zero-order chi connectivity index (χ0) is 7.40. The van der Waals surface area contributed by atoms with Gasteiger partial charge in [0.15, 0.2) is 0 Å². The molecule has 1 N–H and O–H groups in total. The first-order chi connectivity index (χ1) is 4.86. The molecule has 3 nitrogen and oxygen atoms in total. The van der Waals surface area contributed by atoms with E-state index in [0.717, 1.165) is 25.0 Å². The molecular formula is C7H9N3. The van der Waals surface area contributed by atoms with E-state index in [4.69, 9.17) is 10.7 Å². The lowest BCUT2D eigenvalue weighted by molar-refractivity contribution is 0.665. The van der Waals surface area contributed by atoms with Gasteiger partial charge in [0.05, 0.1) is 11.8 Å². The summed E-state index contributed by atoms with van der Waals surface area (Å²) >= 11 is 0. The molecule has 1 aliphatic heterocycles. The second-order valence-electron chi connectivity index (χ2n) is 2.30. The van der Waals surface area contributed by atoms with Gasteiger partial charge in [-0.3, -0.25) is 4.99 Å². The van der Waals surface area contributed by atoms with Gasteiger partial charge in [-0.2, -0.15) is 5.26 Å². The first kappa shape index (κ1) is 6.94. The zero-order valence-electron chi connectivity index (χ0n) is 5.67. The van der Waals surface area contributed by atoms with E-state index in [0.29, 0.717) is 0 Å². The monoisotopic (exact) mass is 135 g/mol. The molecule has 0 aliphatic carbocycles. The number of hydrogen-bond donors (Lipinski definition) is 1. The van der Waals surface area contributed by atoms with E-state index >= 15 is 0 Å². The molecule has 52 valence electrons. The standard InChI is InChI=1S/C7H9N3/c8-4-6-2-1-3-7(5-9)10-6/h4,7-8H,1-3H2. The van der Waals surface area contributed by atoms with E-state index in [1.807, 2.05) is 0 Å². The number of nitrogens with one attached hydrogen (secondary N) is 1. The maximum Gasteiger partial charge on any atom is 0.137 e. The van der Waals surface area contributed by atoms with Crippen molar-refractivity contribution < 1.29 is 0 Å². The Labute approximate surface area is 59.9 Å². The molecule has 0 saturated heterocycles. The van der Waals surface area contributed by atoms with Gasteiger partial charge in [-0.1, -0.05) is 0 Å². The summed E-state index contributed by atoms with van der Waals surface area (Å²) in [5, 5.41) is 15.4.